The normalized spacial score (nSPS) is 18.1. The van der Waals surface area contributed by atoms with E-state index >= 15 is 0 Å². The predicted octanol–water partition coefficient (Wildman–Crippen LogP) is 2.95. The van der Waals surface area contributed by atoms with E-state index in [1.54, 1.807) is 17.0 Å². The van der Waals surface area contributed by atoms with Gasteiger partial charge in [-0.15, -0.1) is 0 Å². The molecule has 2 rings (SSSR count). The van der Waals surface area contributed by atoms with Crippen LogP contribution in [-0.4, -0.2) is 23.3 Å². The van der Waals surface area contributed by atoms with Crippen molar-refractivity contribution in [1.29, 1.82) is 5.26 Å². The molecule has 104 valence electrons. The molecule has 1 atom stereocenters. The second-order valence-electron chi connectivity index (χ2n) is 4.63. The fraction of sp³-hybridized carbons (Fsp3) is 0.357. The van der Waals surface area contributed by atoms with E-state index < -0.39 is 0 Å². The zero-order valence-electron chi connectivity index (χ0n) is 10.9. The van der Waals surface area contributed by atoms with Gasteiger partial charge in [0.1, 0.15) is 6.07 Å². The summed E-state index contributed by atoms with van der Waals surface area (Å²) in [5, 5.41) is 9.10. The lowest BCUT2D eigenvalue weighted by molar-refractivity contribution is -0.117. The fourth-order valence-corrected chi connectivity index (χ4v) is 3.44. The van der Waals surface area contributed by atoms with Crippen molar-refractivity contribution in [2.24, 2.45) is 5.92 Å². The third kappa shape index (κ3) is 3.22. The molecule has 1 amide bonds. The third-order valence-corrected chi connectivity index (χ3v) is 5.00. The number of hydrogen-bond donors (Lipinski definition) is 0. The second kappa shape index (κ2) is 6.42. The van der Waals surface area contributed by atoms with Crippen molar-refractivity contribution in [2.45, 2.75) is 13.3 Å². The number of rotatable bonds is 3. The highest BCUT2D eigenvalue weighted by molar-refractivity contribution is 9.10. The van der Waals surface area contributed by atoms with Crippen molar-refractivity contribution in [3.05, 3.63) is 28.2 Å². The van der Waals surface area contributed by atoms with Crippen LogP contribution in [0.5, 0.6) is 0 Å². The Morgan fingerprint density at radius 3 is 3.00 bits per heavy atom. The number of anilines is 1. The van der Waals surface area contributed by atoms with Crippen LogP contribution in [0, 0.1) is 17.2 Å². The first-order valence-electron chi connectivity index (χ1n) is 6.15. The van der Waals surface area contributed by atoms with E-state index in [-0.39, 0.29) is 16.9 Å². The monoisotopic (exact) mass is 352 g/mol. The SMILES string of the molecule is CC(=O)SCC1CC(=O)N(c2cccc(C#N)c2Br)C1. The Morgan fingerprint density at radius 2 is 2.35 bits per heavy atom. The van der Waals surface area contributed by atoms with Gasteiger partial charge in [-0.25, -0.2) is 0 Å². The second-order valence-corrected chi connectivity index (χ2v) is 6.62. The van der Waals surface area contributed by atoms with Crippen LogP contribution in [-0.2, 0) is 9.59 Å². The van der Waals surface area contributed by atoms with Crippen LogP contribution in [0.2, 0.25) is 0 Å². The minimum atomic E-state index is 0.0370. The van der Waals surface area contributed by atoms with Gasteiger partial charge in [0, 0.05) is 25.6 Å². The van der Waals surface area contributed by atoms with Crippen molar-refractivity contribution in [2.75, 3.05) is 17.2 Å². The molecular weight excluding hydrogens is 340 g/mol. The molecular formula is C14H13BrN2O2S. The van der Waals surface area contributed by atoms with Crippen molar-refractivity contribution in [3.63, 3.8) is 0 Å². The molecule has 1 aliphatic heterocycles. The van der Waals surface area contributed by atoms with Crippen LogP contribution >= 0.6 is 27.7 Å². The van der Waals surface area contributed by atoms with Crippen molar-refractivity contribution < 1.29 is 9.59 Å². The van der Waals surface area contributed by atoms with Crippen LogP contribution in [0.3, 0.4) is 0 Å². The Morgan fingerprint density at radius 1 is 1.60 bits per heavy atom. The largest absolute Gasteiger partial charge is 0.311 e. The highest BCUT2D eigenvalue weighted by atomic mass is 79.9. The number of hydrogen-bond acceptors (Lipinski definition) is 4. The molecule has 0 saturated carbocycles. The van der Waals surface area contributed by atoms with Gasteiger partial charge in [0.05, 0.1) is 15.7 Å². The first kappa shape index (κ1) is 15.1. The summed E-state index contributed by atoms with van der Waals surface area (Å²) >= 11 is 4.64. The molecule has 1 heterocycles. The van der Waals surface area contributed by atoms with E-state index in [2.05, 4.69) is 22.0 Å². The molecule has 0 N–H and O–H groups in total. The predicted molar refractivity (Wildman–Crippen MR) is 82.5 cm³/mol. The minimum Gasteiger partial charge on any atom is -0.311 e. The number of amides is 1. The van der Waals surface area contributed by atoms with Gasteiger partial charge in [0.2, 0.25) is 5.91 Å². The Hall–Kier alpha value is -1.32. The van der Waals surface area contributed by atoms with Gasteiger partial charge < -0.3 is 4.90 Å². The van der Waals surface area contributed by atoms with Crippen LogP contribution in [0.4, 0.5) is 5.69 Å². The maximum atomic E-state index is 12.1. The summed E-state index contributed by atoms with van der Waals surface area (Å²) in [5.41, 5.74) is 1.24. The zero-order chi connectivity index (χ0) is 14.7. The molecule has 0 radical (unpaired) electrons. The van der Waals surface area contributed by atoms with E-state index in [1.807, 2.05) is 6.07 Å². The molecule has 4 nitrogen and oxygen atoms in total. The summed E-state index contributed by atoms with van der Waals surface area (Å²) in [5.74, 6) is 0.872. The van der Waals surface area contributed by atoms with Crippen LogP contribution in [0.15, 0.2) is 22.7 Å². The van der Waals surface area contributed by atoms with Crippen molar-refractivity contribution >= 4 is 44.4 Å². The van der Waals surface area contributed by atoms with E-state index in [4.69, 9.17) is 5.26 Å². The van der Waals surface area contributed by atoms with Crippen LogP contribution in [0.25, 0.3) is 0 Å². The highest BCUT2D eigenvalue weighted by Crippen LogP contribution is 2.34. The molecule has 1 saturated heterocycles. The smallest absolute Gasteiger partial charge is 0.227 e. The molecule has 1 aliphatic rings. The lowest BCUT2D eigenvalue weighted by atomic mass is 10.1. The minimum absolute atomic E-state index is 0.0370. The van der Waals surface area contributed by atoms with Crippen molar-refractivity contribution in [3.8, 4) is 6.07 Å². The van der Waals surface area contributed by atoms with Gasteiger partial charge >= 0.3 is 0 Å². The molecule has 0 spiro atoms. The standard InChI is InChI=1S/C14H13BrN2O2S/c1-9(18)20-8-10-5-13(19)17(7-10)12-4-2-3-11(6-16)14(12)15/h2-4,10H,5,7-8H2,1H3. The Labute approximate surface area is 130 Å². The molecule has 0 bridgehead atoms. The first-order valence-corrected chi connectivity index (χ1v) is 7.93. The molecule has 1 aromatic rings. The highest BCUT2D eigenvalue weighted by Gasteiger charge is 2.32. The Balaban J connectivity index is 2.16. The zero-order valence-corrected chi connectivity index (χ0v) is 13.3. The van der Waals surface area contributed by atoms with Gasteiger partial charge in [0.25, 0.3) is 0 Å². The molecule has 1 unspecified atom stereocenters. The number of halogens is 1. The van der Waals surface area contributed by atoms with Gasteiger partial charge in [0.15, 0.2) is 5.12 Å². The van der Waals surface area contributed by atoms with E-state index in [1.165, 1.54) is 18.7 Å². The van der Waals surface area contributed by atoms with E-state index in [9.17, 15) is 9.59 Å². The summed E-state index contributed by atoms with van der Waals surface area (Å²) in [4.78, 5) is 24.8. The third-order valence-electron chi connectivity index (χ3n) is 3.12. The Bertz CT molecular complexity index is 597. The number of carbonyl (C=O) groups is 2. The lowest BCUT2D eigenvalue weighted by Crippen LogP contribution is -2.25. The van der Waals surface area contributed by atoms with Gasteiger partial charge in [-0.3, -0.25) is 9.59 Å². The molecule has 0 aromatic heterocycles. The van der Waals surface area contributed by atoms with Gasteiger partial charge in [-0.2, -0.15) is 5.26 Å². The fourth-order valence-electron chi connectivity index (χ4n) is 2.18. The van der Waals surface area contributed by atoms with Gasteiger partial charge in [-0.05, 0) is 34.0 Å². The summed E-state index contributed by atoms with van der Waals surface area (Å²) in [7, 11) is 0. The molecule has 1 aromatic carbocycles. The van der Waals surface area contributed by atoms with E-state index in [0.29, 0.717) is 28.8 Å². The summed E-state index contributed by atoms with van der Waals surface area (Å²) < 4.78 is 0.649. The number of thioether (sulfide) groups is 1. The van der Waals surface area contributed by atoms with Crippen LogP contribution in [0.1, 0.15) is 18.9 Å². The summed E-state index contributed by atoms with van der Waals surface area (Å²) in [6, 6.07) is 7.39. The number of nitrogens with zero attached hydrogens (tertiary/aromatic N) is 2. The molecule has 20 heavy (non-hydrogen) atoms. The quantitative estimate of drug-likeness (QED) is 0.838. The van der Waals surface area contributed by atoms with E-state index in [0.717, 1.165) is 5.69 Å². The first-order chi connectivity index (χ1) is 9.52. The lowest BCUT2D eigenvalue weighted by Gasteiger charge is -2.18. The number of nitriles is 1. The summed E-state index contributed by atoms with van der Waals surface area (Å²) in [6.07, 6.45) is 0.448. The maximum absolute atomic E-state index is 12.1. The number of benzene rings is 1. The molecule has 6 heteroatoms. The van der Waals surface area contributed by atoms with Crippen molar-refractivity contribution in [1.82, 2.24) is 0 Å². The molecule has 1 fully saturated rings. The molecule has 0 aliphatic carbocycles. The average Bonchev–Trinajstić information content (AvgIpc) is 2.78. The van der Waals surface area contributed by atoms with Crippen LogP contribution < -0.4 is 4.90 Å². The Kier molecular flexibility index (Phi) is 4.84. The average molecular weight is 353 g/mol. The van der Waals surface area contributed by atoms with Gasteiger partial charge in [-0.1, -0.05) is 17.8 Å². The number of carbonyl (C=O) groups excluding carboxylic acids is 2. The maximum Gasteiger partial charge on any atom is 0.227 e. The summed E-state index contributed by atoms with van der Waals surface area (Å²) in [6.45, 7) is 2.12. The topological polar surface area (TPSA) is 61.2 Å².